The van der Waals surface area contributed by atoms with Crippen molar-refractivity contribution in [1.29, 1.82) is 0 Å². The third-order valence-electron chi connectivity index (χ3n) is 3.30. The highest BCUT2D eigenvalue weighted by molar-refractivity contribution is 6.17. The molecule has 0 bridgehead atoms. The van der Waals surface area contributed by atoms with Crippen LogP contribution in [0.3, 0.4) is 0 Å². The van der Waals surface area contributed by atoms with Crippen molar-refractivity contribution in [3.05, 3.63) is 35.4 Å². The summed E-state index contributed by atoms with van der Waals surface area (Å²) in [6.45, 7) is 2.90. The molecular weight excluding hydrogens is 250 g/mol. The number of hydrogen-bond donors (Lipinski definition) is 1. The predicted octanol–water partition coefficient (Wildman–Crippen LogP) is 2.41. The van der Waals surface area contributed by atoms with Crippen molar-refractivity contribution in [2.24, 2.45) is 0 Å². The first-order valence-electron chi connectivity index (χ1n) is 6.24. The summed E-state index contributed by atoms with van der Waals surface area (Å²) in [5, 5.41) is 10.1. The fourth-order valence-corrected chi connectivity index (χ4v) is 2.57. The van der Waals surface area contributed by atoms with E-state index in [4.69, 9.17) is 11.6 Å². The summed E-state index contributed by atoms with van der Waals surface area (Å²) in [5.41, 5.74) is 0.910. The van der Waals surface area contributed by atoms with Gasteiger partial charge in [-0.2, -0.15) is 0 Å². The molecule has 0 aliphatic carbocycles. The van der Waals surface area contributed by atoms with Crippen LogP contribution in [0.1, 0.15) is 35.7 Å². The number of amides is 1. The highest BCUT2D eigenvalue weighted by Crippen LogP contribution is 2.27. The summed E-state index contributed by atoms with van der Waals surface area (Å²) in [4.78, 5) is 13.8. The van der Waals surface area contributed by atoms with Crippen LogP contribution in [-0.4, -0.2) is 34.6 Å². The zero-order chi connectivity index (χ0) is 13.2. The first-order valence-corrected chi connectivity index (χ1v) is 6.78. The fraction of sp³-hybridized carbons (Fsp3) is 0.500. The third kappa shape index (κ3) is 2.68. The van der Waals surface area contributed by atoms with Crippen LogP contribution in [0.15, 0.2) is 24.3 Å². The van der Waals surface area contributed by atoms with Gasteiger partial charge in [0.25, 0.3) is 5.91 Å². The minimum absolute atomic E-state index is 0.0252. The van der Waals surface area contributed by atoms with Gasteiger partial charge in [0.05, 0.1) is 18.7 Å². The minimum atomic E-state index is -0.672. The van der Waals surface area contributed by atoms with Gasteiger partial charge in [0.15, 0.2) is 0 Å². The zero-order valence-corrected chi connectivity index (χ0v) is 11.3. The maximum absolute atomic E-state index is 12.2. The molecule has 1 heterocycles. The van der Waals surface area contributed by atoms with Gasteiger partial charge in [0.1, 0.15) is 0 Å². The van der Waals surface area contributed by atoms with Crippen LogP contribution >= 0.6 is 11.6 Å². The van der Waals surface area contributed by atoms with Crippen molar-refractivity contribution in [3.8, 4) is 0 Å². The van der Waals surface area contributed by atoms with E-state index < -0.39 is 5.60 Å². The lowest BCUT2D eigenvalue weighted by molar-refractivity contribution is -0.0860. The van der Waals surface area contributed by atoms with E-state index in [1.54, 1.807) is 11.0 Å². The van der Waals surface area contributed by atoms with Crippen LogP contribution in [0, 0.1) is 0 Å². The summed E-state index contributed by atoms with van der Waals surface area (Å²) in [6.07, 6.45) is 1.68. The molecule has 1 aliphatic heterocycles. The van der Waals surface area contributed by atoms with Gasteiger partial charge in [-0.3, -0.25) is 4.79 Å². The molecule has 1 aromatic carbocycles. The second kappa shape index (κ2) is 5.29. The monoisotopic (exact) mass is 267 g/mol. The van der Waals surface area contributed by atoms with Crippen LogP contribution in [-0.2, 0) is 5.88 Å². The van der Waals surface area contributed by atoms with Gasteiger partial charge in [-0.25, -0.2) is 0 Å². The van der Waals surface area contributed by atoms with Gasteiger partial charge in [-0.1, -0.05) is 25.5 Å². The summed E-state index contributed by atoms with van der Waals surface area (Å²) in [5.74, 6) is 0.378. The highest BCUT2D eigenvalue weighted by Gasteiger charge is 2.42. The van der Waals surface area contributed by atoms with Gasteiger partial charge in [-0.15, -0.1) is 11.6 Å². The van der Waals surface area contributed by atoms with Gasteiger partial charge in [0.2, 0.25) is 0 Å². The Hall–Kier alpha value is -1.06. The Labute approximate surface area is 112 Å². The lowest BCUT2D eigenvalue weighted by atomic mass is 9.88. The van der Waals surface area contributed by atoms with E-state index in [-0.39, 0.29) is 5.91 Å². The molecule has 0 atom stereocenters. The molecule has 1 fully saturated rings. The molecule has 1 aromatic rings. The van der Waals surface area contributed by atoms with Crippen molar-refractivity contribution in [2.75, 3.05) is 13.1 Å². The topological polar surface area (TPSA) is 40.5 Å². The number of halogens is 1. The number of carbonyl (C=O) groups excluding carboxylic acids is 1. The second-order valence-corrected chi connectivity index (χ2v) is 5.24. The Morgan fingerprint density at radius 3 is 2.83 bits per heavy atom. The average molecular weight is 268 g/mol. The van der Waals surface area contributed by atoms with E-state index in [0.29, 0.717) is 24.5 Å². The molecule has 2 rings (SSSR count). The number of carbonyl (C=O) groups is 1. The molecule has 0 spiro atoms. The molecule has 1 saturated heterocycles. The van der Waals surface area contributed by atoms with Crippen molar-refractivity contribution >= 4 is 17.5 Å². The molecule has 4 heteroatoms. The first-order chi connectivity index (χ1) is 8.58. The normalized spacial score (nSPS) is 17.4. The molecule has 0 aromatic heterocycles. The maximum Gasteiger partial charge on any atom is 0.254 e. The third-order valence-corrected chi connectivity index (χ3v) is 3.61. The quantitative estimate of drug-likeness (QED) is 0.851. The first kappa shape index (κ1) is 13.4. The number of likely N-dealkylation sites (tertiary alicyclic amines) is 1. The number of benzene rings is 1. The lowest BCUT2D eigenvalue weighted by Crippen LogP contribution is -2.63. The van der Waals surface area contributed by atoms with Crippen LogP contribution in [0.5, 0.6) is 0 Å². The summed E-state index contributed by atoms with van der Waals surface area (Å²) >= 11 is 5.75. The van der Waals surface area contributed by atoms with E-state index in [1.807, 2.05) is 25.1 Å². The number of nitrogens with zero attached hydrogens (tertiary/aromatic N) is 1. The van der Waals surface area contributed by atoms with E-state index in [0.717, 1.165) is 18.4 Å². The van der Waals surface area contributed by atoms with Gasteiger partial charge >= 0.3 is 0 Å². The fourth-order valence-electron chi connectivity index (χ4n) is 2.40. The molecule has 0 unspecified atom stereocenters. The summed E-state index contributed by atoms with van der Waals surface area (Å²) in [6, 6.07) is 7.33. The molecule has 0 radical (unpaired) electrons. The average Bonchev–Trinajstić information content (AvgIpc) is 2.35. The largest absolute Gasteiger partial charge is 0.386 e. The van der Waals surface area contributed by atoms with Gasteiger partial charge < -0.3 is 10.0 Å². The standard InChI is InChI=1S/C14H18ClNO2/c1-2-6-14(18)9-16(10-14)13(17)12-5-3-4-11(7-12)8-15/h3-5,7,18H,2,6,8-10H2,1H3. The van der Waals surface area contributed by atoms with Gasteiger partial charge in [0, 0.05) is 11.4 Å². The Balaban J connectivity index is 2.01. The van der Waals surface area contributed by atoms with E-state index >= 15 is 0 Å². The van der Waals surface area contributed by atoms with Crippen molar-refractivity contribution < 1.29 is 9.90 Å². The number of hydrogen-bond acceptors (Lipinski definition) is 2. The molecular formula is C14H18ClNO2. The van der Waals surface area contributed by atoms with Crippen molar-refractivity contribution in [3.63, 3.8) is 0 Å². The second-order valence-electron chi connectivity index (χ2n) is 4.97. The zero-order valence-electron chi connectivity index (χ0n) is 10.5. The number of rotatable bonds is 4. The van der Waals surface area contributed by atoms with Crippen LogP contribution < -0.4 is 0 Å². The maximum atomic E-state index is 12.2. The Bertz CT molecular complexity index is 441. The van der Waals surface area contributed by atoms with Crippen LogP contribution in [0.2, 0.25) is 0 Å². The molecule has 0 saturated carbocycles. The van der Waals surface area contributed by atoms with Crippen LogP contribution in [0.4, 0.5) is 0 Å². The SMILES string of the molecule is CCCC1(O)CN(C(=O)c2cccc(CCl)c2)C1. The molecule has 18 heavy (non-hydrogen) atoms. The molecule has 98 valence electrons. The Morgan fingerprint density at radius 1 is 1.50 bits per heavy atom. The highest BCUT2D eigenvalue weighted by atomic mass is 35.5. The van der Waals surface area contributed by atoms with Crippen LogP contribution in [0.25, 0.3) is 0 Å². The summed E-state index contributed by atoms with van der Waals surface area (Å²) < 4.78 is 0. The van der Waals surface area contributed by atoms with E-state index in [1.165, 1.54) is 0 Å². The van der Waals surface area contributed by atoms with E-state index in [9.17, 15) is 9.90 Å². The molecule has 1 aliphatic rings. The predicted molar refractivity (Wildman–Crippen MR) is 71.8 cm³/mol. The lowest BCUT2D eigenvalue weighted by Gasteiger charge is -2.46. The Morgan fingerprint density at radius 2 is 2.22 bits per heavy atom. The number of alkyl halides is 1. The number of aliphatic hydroxyl groups is 1. The number of β-amino-alcohol motifs (C(OH)–C–C–N with tert-alkyl or cyclic N) is 1. The smallest absolute Gasteiger partial charge is 0.254 e. The van der Waals surface area contributed by atoms with E-state index in [2.05, 4.69) is 0 Å². The van der Waals surface area contributed by atoms with Crippen molar-refractivity contribution in [2.45, 2.75) is 31.2 Å². The molecule has 1 N–H and O–H groups in total. The minimum Gasteiger partial charge on any atom is -0.386 e. The molecule has 1 amide bonds. The summed E-state index contributed by atoms with van der Waals surface area (Å²) in [7, 11) is 0. The van der Waals surface area contributed by atoms with Gasteiger partial charge in [-0.05, 0) is 24.1 Å². The van der Waals surface area contributed by atoms with Crippen molar-refractivity contribution in [1.82, 2.24) is 4.90 Å². The molecule has 3 nitrogen and oxygen atoms in total. The Kier molecular flexibility index (Phi) is 3.93.